The number of unbranched alkanes of at least 4 members (excludes halogenated alkanes) is 1. The zero-order valence-electron chi connectivity index (χ0n) is 14.7. The van der Waals surface area contributed by atoms with Crippen LogP contribution in [0.4, 0.5) is 0 Å². The summed E-state index contributed by atoms with van der Waals surface area (Å²) in [5, 5.41) is 0. The van der Waals surface area contributed by atoms with E-state index in [1.54, 1.807) is 0 Å². The van der Waals surface area contributed by atoms with Crippen molar-refractivity contribution in [3.63, 3.8) is 0 Å². The largest absolute Gasteiger partial charge is 0.428 e. The highest BCUT2D eigenvalue weighted by atomic mass is 28.2. The van der Waals surface area contributed by atoms with Gasteiger partial charge in [-0.2, -0.15) is 0 Å². The van der Waals surface area contributed by atoms with Gasteiger partial charge in [0.25, 0.3) is 0 Å². The fraction of sp³-hybridized carbons (Fsp3) is 0.400. The fourth-order valence-corrected chi connectivity index (χ4v) is 2.58. The van der Waals surface area contributed by atoms with Crippen LogP contribution in [0.2, 0.25) is 0 Å². The van der Waals surface area contributed by atoms with Crippen LogP contribution in [0, 0.1) is 0 Å². The van der Waals surface area contributed by atoms with Crippen LogP contribution in [0.3, 0.4) is 0 Å². The first-order valence-electron chi connectivity index (χ1n) is 8.14. The van der Waals surface area contributed by atoms with Gasteiger partial charge in [-0.3, -0.25) is 0 Å². The van der Waals surface area contributed by atoms with Crippen molar-refractivity contribution in [1.82, 2.24) is 0 Å². The molecule has 2 rings (SSSR count). The molecule has 0 aliphatic rings. The van der Waals surface area contributed by atoms with Gasteiger partial charge in [0, 0.05) is 6.61 Å². The third-order valence-electron chi connectivity index (χ3n) is 3.52. The molecule has 0 N–H and O–H groups in total. The van der Waals surface area contributed by atoms with Crippen LogP contribution in [0.5, 0.6) is 0 Å². The normalized spacial score (nSPS) is 10.9. The first-order valence-corrected chi connectivity index (χ1v) is 8.96. The second-order valence-electron chi connectivity index (χ2n) is 6.51. The van der Waals surface area contributed by atoms with Crippen LogP contribution in [0.15, 0.2) is 54.6 Å². The lowest BCUT2D eigenvalue weighted by Crippen LogP contribution is -2.12. The summed E-state index contributed by atoms with van der Waals surface area (Å²) >= 11 is 0. The SMILES string of the molecule is CC(C)(C)c1ccccc1-c1ccccc1.CCCCO[SiH3]. The van der Waals surface area contributed by atoms with Crippen molar-refractivity contribution in [1.29, 1.82) is 0 Å². The topological polar surface area (TPSA) is 9.23 Å². The van der Waals surface area contributed by atoms with Gasteiger partial charge < -0.3 is 4.43 Å². The molecule has 0 saturated heterocycles. The van der Waals surface area contributed by atoms with Crippen LogP contribution >= 0.6 is 0 Å². The van der Waals surface area contributed by atoms with Gasteiger partial charge in [-0.25, -0.2) is 0 Å². The molecule has 1 nitrogen and oxygen atoms in total. The van der Waals surface area contributed by atoms with Gasteiger partial charge in [0.15, 0.2) is 0 Å². The van der Waals surface area contributed by atoms with E-state index < -0.39 is 0 Å². The Labute approximate surface area is 139 Å². The molecule has 0 fully saturated rings. The standard InChI is InChI=1S/C16H18.C4H12OSi/c1-16(2,3)15-12-8-7-11-14(15)13-9-5-4-6-10-13;1-2-3-4-5-6/h4-12H,1-3H3;2-4H2,1,6H3. The Morgan fingerprint density at radius 3 is 2.00 bits per heavy atom. The Morgan fingerprint density at radius 2 is 1.50 bits per heavy atom. The van der Waals surface area contributed by atoms with Crippen molar-refractivity contribution in [2.24, 2.45) is 0 Å². The zero-order chi connectivity index (χ0) is 16.4. The van der Waals surface area contributed by atoms with Crippen molar-refractivity contribution < 1.29 is 4.43 Å². The Hall–Kier alpha value is -1.38. The van der Waals surface area contributed by atoms with Gasteiger partial charge in [-0.05, 0) is 28.5 Å². The summed E-state index contributed by atoms with van der Waals surface area (Å²) in [5.74, 6) is 0. The van der Waals surface area contributed by atoms with Gasteiger partial charge in [0.05, 0.1) is 0 Å². The molecule has 0 radical (unpaired) electrons. The van der Waals surface area contributed by atoms with E-state index in [1.807, 2.05) is 0 Å². The van der Waals surface area contributed by atoms with Crippen molar-refractivity contribution in [3.05, 3.63) is 60.2 Å². The van der Waals surface area contributed by atoms with Crippen LogP contribution in [-0.4, -0.2) is 17.1 Å². The second-order valence-corrected chi connectivity index (χ2v) is 7.09. The van der Waals surface area contributed by atoms with Crippen LogP contribution in [0.25, 0.3) is 11.1 Å². The molecule has 0 amide bonds. The average molecular weight is 315 g/mol. The first kappa shape index (κ1) is 18.7. The number of rotatable bonds is 4. The highest BCUT2D eigenvalue weighted by Crippen LogP contribution is 2.32. The molecule has 0 atom stereocenters. The lowest BCUT2D eigenvalue weighted by atomic mass is 9.82. The van der Waals surface area contributed by atoms with E-state index in [-0.39, 0.29) is 5.41 Å². The summed E-state index contributed by atoms with van der Waals surface area (Å²) in [5.41, 5.74) is 4.23. The van der Waals surface area contributed by atoms with E-state index >= 15 is 0 Å². The summed E-state index contributed by atoms with van der Waals surface area (Å²) in [4.78, 5) is 0. The second kappa shape index (κ2) is 9.60. The predicted molar refractivity (Wildman–Crippen MR) is 101 cm³/mol. The maximum absolute atomic E-state index is 4.92. The van der Waals surface area contributed by atoms with E-state index in [4.69, 9.17) is 4.43 Å². The molecule has 0 aliphatic heterocycles. The molecule has 2 aromatic rings. The summed E-state index contributed by atoms with van der Waals surface area (Å²) in [6.45, 7) is 9.92. The predicted octanol–water partition coefficient (Wildman–Crippen LogP) is 4.73. The average Bonchev–Trinajstić information content (AvgIpc) is 2.53. The fourth-order valence-electron chi connectivity index (χ4n) is 2.30. The Bertz CT molecular complexity index is 525. The zero-order valence-corrected chi connectivity index (χ0v) is 16.7. The molecule has 0 aliphatic carbocycles. The van der Waals surface area contributed by atoms with Gasteiger partial charge in [0.2, 0.25) is 0 Å². The van der Waals surface area contributed by atoms with Gasteiger partial charge in [0.1, 0.15) is 10.5 Å². The Balaban J connectivity index is 0.000000346. The van der Waals surface area contributed by atoms with E-state index in [0.717, 1.165) is 17.1 Å². The Kier molecular flexibility index (Phi) is 8.14. The molecule has 0 unspecified atom stereocenters. The maximum Gasteiger partial charge on any atom is 0.145 e. The third kappa shape index (κ3) is 6.16. The smallest absolute Gasteiger partial charge is 0.145 e. The quantitative estimate of drug-likeness (QED) is 0.585. The molecule has 2 aromatic carbocycles. The molecule has 0 saturated carbocycles. The summed E-state index contributed by atoms with van der Waals surface area (Å²) in [7, 11) is 0.903. The molecule has 2 heteroatoms. The van der Waals surface area contributed by atoms with E-state index in [0.29, 0.717) is 0 Å². The molecule has 0 heterocycles. The molecule has 0 bridgehead atoms. The highest BCUT2D eigenvalue weighted by Gasteiger charge is 2.17. The molecule has 0 spiro atoms. The third-order valence-corrected chi connectivity index (χ3v) is 3.93. The van der Waals surface area contributed by atoms with Crippen LogP contribution in [-0.2, 0) is 9.84 Å². The molecular formula is C20H30OSi. The molecule has 22 heavy (non-hydrogen) atoms. The van der Waals surface area contributed by atoms with E-state index in [2.05, 4.69) is 82.3 Å². The Morgan fingerprint density at radius 1 is 0.909 bits per heavy atom. The minimum absolute atomic E-state index is 0.187. The lowest BCUT2D eigenvalue weighted by Gasteiger charge is -2.23. The maximum atomic E-state index is 4.92. The van der Waals surface area contributed by atoms with Crippen LogP contribution in [0.1, 0.15) is 46.1 Å². The van der Waals surface area contributed by atoms with Crippen molar-refractivity contribution in [3.8, 4) is 11.1 Å². The monoisotopic (exact) mass is 314 g/mol. The van der Waals surface area contributed by atoms with Crippen molar-refractivity contribution in [2.75, 3.05) is 6.61 Å². The highest BCUT2D eigenvalue weighted by molar-refractivity contribution is 5.97. The minimum Gasteiger partial charge on any atom is -0.428 e. The summed E-state index contributed by atoms with van der Waals surface area (Å²) in [6.07, 6.45) is 2.48. The van der Waals surface area contributed by atoms with Gasteiger partial charge in [-0.1, -0.05) is 88.7 Å². The molecular weight excluding hydrogens is 284 g/mol. The van der Waals surface area contributed by atoms with Crippen molar-refractivity contribution in [2.45, 2.75) is 46.0 Å². The van der Waals surface area contributed by atoms with Gasteiger partial charge in [-0.15, -0.1) is 0 Å². The first-order chi connectivity index (χ1) is 10.5. The minimum atomic E-state index is 0.187. The number of hydrogen-bond acceptors (Lipinski definition) is 1. The molecule has 0 aromatic heterocycles. The lowest BCUT2D eigenvalue weighted by molar-refractivity contribution is 0.339. The van der Waals surface area contributed by atoms with E-state index in [1.165, 1.54) is 29.5 Å². The number of hydrogen-bond donors (Lipinski definition) is 0. The molecule has 120 valence electrons. The van der Waals surface area contributed by atoms with E-state index in [9.17, 15) is 0 Å². The van der Waals surface area contributed by atoms with Gasteiger partial charge >= 0.3 is 0 Å². The summed E-state index contributed by atoms with van der Waals surface area (Å²) < 4.78 is 4.92. The summed E-state index contributed by atoms with van der Waals surface area (Å²) in [6, 6.07) is 19.2. The van der Waals surface area contributed by atoms with Crippen LogP contribution < -0.4 is 0 Å². The van der Waals surface area contributed by atoms with Crippen molar-refractivity contribution >= 4 is 10.5 Å². The number of benzene rings is 2.